The van der Waals surface area contributed by atoms with Gasteiger partial charge < -0.3 is 14.9 Å². The number of amides is 1. The number of oxime groups is 1. The lowest BCUT2D eigenvalue weighted by Gasteiger charge is -2.19. The minimum absolute atomic E-state index is 0.0486. The van der Waals surface area contributed by atoms with Crippen LogP contribution in [0.1, 0.15) is 50.0 Å². The van der Waals surface area contributed by atoms with Crippen molar-refractivity contribution in [3.63, 3.8) is 0 Å². The smallest absolute Gasteiger partial charge is 0.350 e. The Morgan fingerprint density at radius 2 is 1.96 bits per heavy atom. The number of hydrogen-bond acceptors (Lipinski definition) is 5. The molecule has 1 heterocycles. The van der Waals surface area contributed by atoms with Gasteiger partial charge in [0.25, 0.3) is 5.91 Å². The van der Waals surface area contributed by atoms with E-state index in [0.29, 0.717) is 24.3 Å². The third-order valence-corrected chi connectivity index (χ3v) is 3.75. The summed E-state index contributed by atoms with van der Waals surface area (Å²) in [5.41, 5.74) is 2.43. The maximum Gasteiger partial charge on any atom is 0.350 e. The Hall–Kier alpha value is -2.37. The third kappa shape index (κ3) is 4.57. The number of ether oxygens (including phenoxy) is 1. The maximum absolute atomic E-state index is 12.2. The quantitative estimate of drug-likeness (QED) is 0.840. The summed E-state index contributed by atoms with van der Waals surface area (Å²) >= 11 is 0. The summed E-state index contributed by atoms with van der Waals surface area (Å²) < 4.78 is 4.88. The molecule has 0 fully saturated rings. The number of esters is 1. The van der Waals surface area contributed by atoms with E-state index in [9.17, 15) is 9.59 Å². The Kier molecular flexibility index (Phi) is 5.59. The molecule has 1 aromatic carbocycles. The fraction of sp³-hybridized carbons (Fsp3) is 0.500. The van der Waals surface area contributed by atoms with Crippen molar-refractivity contribution in [1.29, 1.82) is 0 Å². The van der Waals surface area contributed by atoms with Crippen molar-refractivity contribution in [3.8, 4) is 0 Å². The molecule has 0 spiro atoms. The SMILES string of the molecule is CCOC(=O)C1CC(CNC(=O)c2ccc(C(C)(C)C)cc2)=NO1. The molecule has 1 aliphatic rings. The van der Waals surface area contributed by atoms with Gasteiger partial charge in [-0.1, -0.05) is 38.1 Å². The number of benzene rings is 1. The summed E-state index contributed by atoms with van der Waals surface area (Å²) in [7, 11) is 0. The topological polar surface area (TPSA) is 77.0 Å². The molecule has 130 valence electrons. The first-order valence-electron chi connectivity index (χ1n) is 8.08. The van der Waals surface area contributed by atoms with Gasteiger partial charge in [-0.25, -0.2) is 4.79 Å². The molecule has 1 atom stereocenters. The van der Waals surface area contributed by atoms with Gasteiger partial charge in [-0.3, -0.25) is 4.79 Å². The second kappa shape index (κ2) is 7.47. The van der Waals surface area contributed by atoms with Gasteiger partial charge in [0.1, 0.15) is 0 Å². The molecule has 1 aliphatic heterocycles. The molecule has 1 unspecified atom stereocenters. The van der Waals surface area contributed by atoms with Crippen LogP contribution in [-0.4, -0.2) is 36.8 Å². The van der Waals surface area contributed by atoms with E-state index in [1.807, 2.05) is 24.3 Å². The van der Waals surface area contributed by atoms with E-state index in [0.717, 1.165) is 0 Å². The van der Waals surface area contributed by atoms with Gasteiger partial charge in [0.15, 0.2) is 0 Å². The van der Waals surface area contributed by atoms with Gasteiger partial charge in [-0.2, -0.15) is 0 Å². The van der Waals surface area contributed by atoms with Crippen LogP contribution >= 0.6 is 0 Å². The predicted octanol–water partition coefficient (Wildman–Crippen LogP) is 2.42. The number of nitrogens with one attached hydrogen (secondary N) is 1. The molecule has 1 N–H and O–H groups in total. The van der Waals surface area contributed by atoms with E-state index in [-0.39, 0.29) is 17.9 Å². The third-order valence-electron chi connectivity index (χ3n) is 3.75. The van der Waals surface area contributed by atoms with E-state index in [2.05, 4.69) is 31.2 Å². The number of carbonyl (C=O) groups excluding carboxylic acids is 2. The van der Waals surface area contributed by atoms with Crippen molar-refractivity contribution in [2.75, 3.05) is 13.2 Å². The first-order chi connectivity index (χ1) is 11.3. The minimum Gasteiger partial charge on any atom is -0.463 e. The van der Waals surface area contributed by atoms with Gasteiger partial charge in [-0.05, 0) is 30.0 Å². The van der Waals surface area contributed by atoms with Crippen molar-refractivity contribution in [2.24, 2.45) is 5.16 Å². The van der Waals surface area contributed by atoms with Crippen molar-refractivity contribution in [1.82, 2.24) is 5.32 Å². The first-order valence-corrected chi connectivity index (χ1v) is 8.08. The molecular formula is C18H24N2O4. The molecule has 0 aromatic heterocycles. The minimum atomic E-state index is -0.706. The summed E-state index contributed by atoms with van der Waals surface area (Å²) in [6, 6.07) is 7.54. The Bertz CT molecular complexity index is 629. The van der Waals surface area contributed by atoms with Crippen LogP contribution in [0.2, 0.25) is 0 Å². The van der Waals surface area contributed by atoms with Crippen molar-refractivity contribution >= 4 is 17.6 Å². The fourth-order valence-corrected chi connectivity index (χ4v) is 2.30. The lowest BCUT2D eigenvalue weighted by molar-refractivity contribution is -0.154. The van der Waals surface area contributed by atoms with Gasteiger partial charge >= 0.3 is 5.97 Å². The molecule has 0 aliphatic carbocycles. The molecular weight excluding hydrogens is 308 g/mol. The highest BCUT2D eigenvalue weighted by atomic mass is 16.7. The zero-order valence-electron chi connectivity index (χ0n) is 14.6. The van der Waals surface area contributed by atoms with E-state index in [1.165, 1.54) is 5.56 Å². The summed E-state index contributed by atoms with van der Waals surface area (Å²) in [4.78, 5) is 28.8. The zero-order chi connectivity index (χ0) is 17.7. The normalized spacial score (nSPS) is 17.0. The molecule has 0 bridgehead atoms. The number of nitrogens with zero attached hydrogens (tertiary/aromatic N) is 1. The maximum atomic E-state index is 12.2. The molecule has 6 nitrogen and oxygen atoms in total. The summed E-state index contributed by atoms with van der Waals surface area (Å²) in [6.07, 6.45) is -0.370. The highest BCUT2D eigenvalue weighted by Gasteiger charge is 2.29. The summed E-state index contributed by atoms with van der Waals surface area (Å²) in [6.45, 7) is 8.66. The molecule has 1 aromatic rings. The van der Waals surface area contributed by atoms with Crippen molar-refractivity contribution < 1.29 is 19.2 Å². The second-order valence-electron chi connectivity index (χ2n) is 6.72. The average molecular weight is 332 g/mol. The van der Waals surface area contributed by atoms with Crippen LogP contribution < -0.4 is 5.32 Å². The molecule has 0 radical (unpaired) electrons. The molecule has 2 rings (SSSR count). The molecule has 1 amide bonds. The van der Waals surface area contributed by atoms with Crippen molar-refractivity contribution in [2.45, 2.75) is 45.6 Å². The summed E-state index contributed by atoms with van der Waals surface area (Å²) in [5.74, 6) is -0.613. The molecule has 0 saturated carbocycles. The van der Waals surface area contributed by atoms with Gasteiger partial charge in [0.2, 0.25) is 6.10 Å². The number of hydrogen-bond donors (Lipinski definition) is 1. The largest absolute Gasteiger partial charge is 0.463 e. The monoisotopic (exact) mass is 332 g/mol. The Labute approximate surface area is 142 Å². The Balaban J connectivity index is 1.85. The van der Waals surface area contributed by atoms with Crippen LogP contribution in [0.3, 0.4) is 0 Å². The van der Waals surface area contributed by atoms with Crippen LogP contribution in [0.25, 0.3) is 0 Å². The van der Waals surface area contributed by atoms with Crippen LogP contribution in [0.5, 0.6) is 0 Å². The van der Waals surface area contributed by atoms with Crippen LogP contribution in [0.4, 0.5) is 0 Å². The second-order valence-corrected chi connectivity index (χ2v) is 6.72. The van der Waals surface area contributed by atoms with Gasteiger partial charge in [-0.15, -0.1) is 0 Å². The lowest BCUT2D eigenvalue weighted by atomic mass is 9.87. The Morgan fingerprint density at radius 3 is 2.54 bits per heavy atom. The first kappa shape index (κ1) is 18.0. The standard InChI is InChI=1S/C18H24N2O4/c1-5-23-17(22)15-10-14(20-24-15)11-19-16(21)12-6-8-13(9-7-12)18(2,3)4/h6-9,15H,5,10-11H2,1-4H3,(H,19,21). The number of carbonyl (C=O) groups is 2. The Morgan fingerprint density at radius 1 is 1.29 bits per heavy atom. The van der Waals surface area contributed by atoms with E-state index in [1.54, 1.807) is 6.92 Å². The fourth-order valence-electron chi connectivity index (χ4n) is 2.30. The van der Waals surface area contributed by atoms with Crippen molar-refractivity contribution in [3.05, 3.63) is 35.4 Å². The number of rotatable bonds is 5. The van der Waals surface area contributed by atoms with Crippen LogP contribution in [0.15, 0.2) is 29.4 Å². The summed E-state index contributed by atoms with van der Waals surface area (Å²) in [5, 5.41) is 6.62. The zero-order valence-corrected chi connectivity index (χ0v) is 14.6. The van der Waals surface area contributed by atoms with Gasteiger partial charge in [0, 0.05) is 12.0 Å². The van der Waals surface area contributed by atoms with Crippen LogP contribution in [0, 0.1) is 0 Å². The molecule has 24 heavy (non-hydrogen) atoms. The highest BCUT2D eigenvalue weighted by Crippen LogP contribution is 2.22. The average Bonchev–Trinajstić information content (AvgIpc) is 3.01. The van der Waals surface area contributed by atoms with Gasteiger partial charge in [0.05, 0.1) is 18.9 Å². The highest BCUT2D eigenvalue weighted by molar-refractivity contribution is 5.99. The van der Waals surface area contributed by atoms with E-state index < -0.39 is 12.1 Å². The molecule has 0 saturated heterocycles. The van der Waals surface area contributed by atoms with E-state index >= 15 is 0 Å². The van der Waals surface area contributed by atoms with Crippen LogP contribution in [-0.2, 0) is 19.8 Å². The van der Waals surface area contributed by atoms with E-state index in [4.69, 9.17) is 9.57 Å². The predicted molar refractivity (Wildman–Crippen MR) is 91.0 cm³/mol. The lowest BCUT2D eigenvalue weighted by Crippen LogP contribution is -2.31. The molecule has 6 heteroatoms.